The molecule has 0 saturated heterocycles. The average Bonchev–Trinajstić information content (AvgIpc) is 2.60. The van der Waals surface area contributed by atoms with Crippen molar-refractivity contribution in [1.82, 2.24) is 15.0 Å². The third kappa shape index (κ3) is 4.69. The van der Waals surface area contributed by atoms with Gasteiger partial charge in [0, 0.05) is 4.90 Å². The van der Waals surface area contributed by atoms with Gasteiger partial charge < -0.3 is 9.47 Å². The molecular weight excluding hydrogens is 328 g/mol. The predicted molar refractivity (Wildman–Crippen MR) is 91.5 cm³/mol. The molecule has 0 bridgehead atoms. The summed E-state index contributed by atoms with van der Waals surface area (Å²) in [4.78, 5) is 27.0. The van der Waals surface area contributed by atoms with Gasteiger partial charge in [-0.1, -0.05) is 24.3 Å². The lowest BCUT2D eigenvalue weighted by molar-refractivity contribution is 0.160. The number of ether oxygens (including phenoxy) is 2. The van der Waals surface area contributed by atoms with Gasteiger partial charge in [0.15, 0.2) is 0 Å². The molecule has 8 heteroatoms. The van der Waals surface area contributed by atoms with Crippen LogP contribution in [0.25, 0.3) is 0 Å². The molecule has 126 valence electrons. The van der Waals surface area contributed by atoms with Crippen LogP contribution in [0, 0.1) is 0 Å². The maximum absolute atomic E-state index is 12.1. The number of amides is 1. The molecule has 2 rings (SSSR count). The molecule has 0 fully saturated rings. The van der Waals surface area contributed by atoms with Crippen LogP contribution in [-0.2, 0) is 4.74 Å². The molecule has 1 aromatic heterocycles. The number of hydrogen-bond donors (Lipinski definition) is 0. The summed E-state index contributed by atoms with van der Waals surface area (Å²) in [5.74, 6) is 0.152. The van der Waals surface area contributed by atoms with E-state index in [1.54, 1.807) is 13.0 Å². The summed E-state index contributed by atoms with van der Waals surface area (Å²) in [7, 11) is 1.46. The van der Waals surface area contributed by atoms with E-state index in [2.05, 4.69) is 21.5 Å². The van der Waals surface area contributed by atoms with Gasteiger partial charge >= 0.3 is 12.1 Å². The van der Waals surface area contributed by atoms with E-state index in [0.717, 1.165) is 4.90 Å². The van der Waals surface area contributed by atoms with Gasteiger partial charge in [-0.25, -0.2) is 9.69 Å². The summed E-state index contributed by atoms with van der Waals surface area (Å²) in [6, 6.07) is 9.77. The Morgan fingerprint density at radius 2 is 2.04 bits per heavy atom. The number of carbonyl (C=O) groups is 1. The summed E-state index contributed by atoms with van der Waals surface area (Å²) >= 11 is 1.35. The first kappa shape index (κ1) is 17.7. The van der Waals surface area contributed by atoms with Crippen LogP contribution in [0.4, 0.5) is 10.7 Å². The van der Waals surface area contributed by atoms with Gasteiger partial charge in [0.05, 0.1) is 20.3 Å². The average molecular weight is 346 g/mol. The largest absolute Gasteiger partial charge is 0.467 e. The minimum Gasteiger partial charge on any atom is -0.467 e. The van der Waals surface area contributed by atoms with Gasteiger partial charge in [-0.3, -0.25) is 0 Å². The molecule has 0 N–H and O–H groups in total. The summed E-state index contributed by atoms with van der Waals surface area (Å²) < 4.78 is 10.2. The van der Waals surface area contributed by atoms with Gasteiger partial charge in [-0.05, 0) is 30.8 Å². The van der Waals surface area contributed by atoms with Crippen molar-refractivity contribution in [2.24, 2.45) is 0 Å². The SMILES string of the molecule is C=CCN(C(=O)OCC)c1nc(OC)nc(Sc2ccccc2)n1. The van der Waals surface area contributed by atoms with Gasteiger partial charge in [0.25, 0.3) is 0 Å². The van der Waals surface area contributed by atoms with Gasteiger partial charge in [0.2, 0.25) is 11.1 Å². The Kier molecular flexibility index (Phi) is 6.56. The molecule has 0 atom stereocenters. The first-order valence-electron chi connectivity index (χ1n) is 7.26. The van der Waals surface area contributed by atoms with Crippen molar-refractivity contribution in [2.45, 2.75) is 17.0 Å². The second kappa shape index (κ2) is 8.88. The lowest BCUT2D eigenvalue weighted by Gasteiger charge is -2.18. The van der Waals surface area contributed by atoms with Crippen LogP contribution in [0.3, 0.4) is 0 Å². The second-order valence-corrected chi connectivity index (χ2v) is 5.46. The van der Waals surface area contributed by atoms with Crippen molar-refractivity contribution < 1.29 is 14.3 Å². The molecule has 1 aromatic carbocycles. The summed E-state index contributed by atoms with van der Waals surface area (Å²) in [5, 5.41) is 0.418. The normalized spacial score (nSPS) is 10.1. The molecule has 1 amide bonds. The minimum atomic E-state index is -0.554. The number of hydrogen-bond acceptors (Lipinski definition) is 7. The van der Waals surface area contributed by atoms with E-state index < -0.39 is 6.09 Å². The Morgan fingerprint density at radius 1 is 1.29 bits per heavy atom. The number of nitrogens with zero attached hydrogens (tertiary/aromatic N) is 4. The van der Waals surface area contributed by atoms with Crippen LogP contribution in [0.15, 0.2) is 53.0 Å². The van der Waals surface area contributed by atoms with E-state index in [1.165, 1.54) is 23.8 Å². The van der Waals surface area contributed by atoms with E-state index in [1.807, 2.05) is 30.3 Å². The van der Waals surface area contributed by atoms with Crippen LogP contribution in [0.2, 0.25) is 0 Å². The Bertz CT molecular complexity index is 697. The van der Waals surface area contributed by atoms with E-state index >= 15 is 0 Å². The Labute approximate surface area is 144 Å². The summed E-state index contributed by atoms with van der Waals surface area (Å²) in [6.45, 7) is 5.84. The van der Waals surface area contributed by atoms with Crippen LogP contribution in [0.1, 0.15) is 6.92 Å². The second-order valence-electron chi connectivity index (χ2n) is 4.42. The first-order chi connectivity index (χ1) is 11.7. The van der Waals surface area contributed by atoms with Crippen molar-refractivity contribution in [3.05, 3.63) is 43.0 Å². The van der Waals surface area contributed by atoms with E-state index in [0.29, 0.717) is 5.16 Å². The van der Waals surface area contributed by atoms with E-state index in [-0.39, 0.29) is 25.1 Å². The maximum Gasteiger partial charge on any atom is 0.416 e. The molecule has 0 radical (unpaired) electrons. The van der Waals surface area contributed by atoms with Gasteiger partial charge in [0.1, 0.15) is 0 Å². The molecule has 0 aliphatic carbocycles. The van der Waals surface area contributed by atoms with E-state index in [9.17, 15) is 4.79 Å². The van der Waals surface area contributed by atoms with Gasteiger partial charge in [-0.15, -0.1) is 6.58 Å². The minimum absolute atomic E-state index is 0.122. The zero-order valence-corrected chi connectivity index (χ0v) is 14.3. The molecule has 0 aliphatic heterocycles. The zero-order valence-electron chi connectivity index (χ0n) is 13.5. The quantitative estimate of drug-likeness (QED) is 0.713. The van der Waals surface area contributed by atoms with Crippen molar-refractivity contribution in [1.29, 1.82) is 0 Å². The lowest BCUT2D eigenvalue weighted by atomic mass is 10.4. The van der Waals surface area contributed by atoms with Crippen LogP contribution >= 0.6 is 11.8 Å². The predicted octanol–water partition coefficient (Wildman–Crippen LogP) is 3.18. The topological polar surface area (TPSA) is 77.4 Å². The fraction of sp³-hybridized carbons (Fsp3) is 0.250. The molecule has 0 saturated carbocycles. The zero-order chi connectivity index (χ0) is 17.4. The van der Waals surface area contributed by atoms with Crippen LogP contribution in [-0.4, -0.2) is 41.3 Å². The highest BCUT2D eigenvalue weighted by molar-refractivity contribution is 7.99. The number of methoxy groups -OCH3 is 1. The smallest absolute Gasteiger partial charge is 0.416 e. The Morgan fingerprint density at radius 3 is 2.67 bits per heavy atom. The number of benzene rings is 1. The molecule has 24 heavy (non-hydrogen) atoms. The van der Waals surface area contributed by atoms with Crippen LogP contribution in [0.5, 0.6) is 6.01 Å². The molecule has 0 unspecified atom stereocenters. The third-order valence-corrected chi connectivity index (χ3v) is 3.63. The fourth-order valence-electron chi connectivity index (χ4n) is 1.75. The monoisotopic (exact) mass is 346 g/mol. The standard InChI is InChI=1S/C16H18N4O3S/c1-4-11-20(16(21)23-5-2)13-17-14(22-3)19-15(18-13)24-12-9-7-6-8-10-12/h4,6-10H,1,5,11H2,2-3H3. The number of aromatic nitrogens is 3. The molecule has 2 aromatic rings. The Balaban J connectivity index is 2.35. The van der Waals surface area contributed by atoms with Crippen molar-refractivity contribution in [3.63, 3.8) is 0 Å². The van der Waals surface area contributed by atoms with Crippen LogP contribution < -0.4 is 9.64 Å². The maximum atomic E-state index is 12.1. The highest BCUT2D eigenvalue weighted by Gasteiger charge is 2.21. The molecule has 0 spiro atoms. The number of rotatable bonds is 7. The van der Waals surface area contributed by atoms with Crippen molar-refractivity contribution in [3.8, 4) is 6.01 Å². The van der Waals surface area contributed by atoms with Crippen molar-refractivity contribution >= 4 is 23.8 Å². The lowest BCUT2D eigenvalue weighted by Crippen LogP contribution is -2.33. The summed E-state index contributed by atoms with van der Waals surface area (Å²) in [5.41, 5.74) is 0. The van der Waals surface area contributed by atoms with Crippen molar-refractivity contribution in [2.75, 3.05) is 25.2 Å². The van der Waals surface area contributed by atoms with E-state index in [4.69, 9.17) is 9.47 Å². The fourth-order valence-corrected chi connectivity index (χ4v) is 2.50. The summed E-state index contributed by atoms with van der Waals surface area (Å²) in [6.07, 6.45) is 1.01. The first-order valence-corrected chi connectivity index (χ1v) is 8.07. The molecule has 7 nitrogen and oxygen atoms in total. The highest BCUT2D eigenvalue weighted by atomic mass is 32.2. The molecule has 0 aliphatic rings. The molecular formula is C16H18N4O3S. The number of anilines is 1. The highest BCUT2D eigenvalue weighted by Crippen LogP contribution is 2.26. The number of carbonyl (C=O) groups excluding carboxylic acids is 1. The molecule has 1 heterocycles. The van der Waals surface area contributed by atoms with Gasteiger partial charge in [-0.2, -0.15) is 15.0 Å². The Hall–Kier alpha value is -2.61. The third-order valence-electron chi connectivity index (χ3n) is 2.76.